The molecule has 1 aliphatic carbocycles. The lowest BCUT2D eigenvalue weighted by Gasteiger charge is -2.22. The average molecular weight is 513 g/mol. The third kappa shape index (κ3) is 6.28. The van der Waals surface area contributed by atoms with Crippen LogP contribution in [0.5, 0.6) is 5.75 Å². The zero-order valence-electron chi connectivity index (χ0n) is 18.6. The van der Waals surface area contributed by atoms with Crippen molar-refractivity contribution in [3.8, 4) is 5.75 Å². The van der Waals surface area contributed by atoms with Gasteiger partial charge in [-0.2, -0.15) is 4.39 Å². The Morgan fingerprint density at radius 1 is 1.26 bits per heavy atom. The molecular formula is C22H23F3N4O5S. The molecule has 1 aromatic heterocycles. The largest absolute Gasteiger partial charge is 0.452 e. The molecule has 2 N–H and O–H groups in total. The molecule has 0 saturated heterocycles. The lowest BCUT2D eigenvalue weighted by Crippen LogP contribution is -2.31. The molecule has 0 bridgehead atoms. The normalized spacial score (nSPS) is 17.0. The second-order valence-electron chi connectivity index (χ2n) is 8.13. The van der Waals surface area contributed by atoms with Crippen LogP contribution in [0.3, 0.4) is 0 Å². The van der Waals surface area contributed by atoms with E-state index in [4.69, 9.17) is 9.47 Å². The smallest absolute Gasteiger partial charge is 0.304 e. The number of hydrogen-bond donors (Lipinski definition) is 2. The van der Waals surface area contributed by atoms with E-state index < -0.39 is 28.7 Å². The molecule has 1 amide bonds. The number of halogens is 3. The van der Waals surface area contributed by atoms with Gasteiger partial charge < -0.3 is 14.8 Å². The summed E-state index contributed by atoms with van der Waals surface area (Å²) in [6, 6.07) is 4.62. The Hall–Kier alpha value is -3.19. The van der Waals surface area contributed by atoms with Crippen molar-refractivity contribution in [3.63, 3.8) is 0 Å². The molecule has 1 saturated carbocycles. The molecule has 1 aliphatic heterocycles. The second-order valence-corrected chi connectivity index (χ2v) is 9.88. The quantitative estimate of drug-likeness (QED) is 0.524. The molecule has 2 heterocycles. The molecule has 2 aromatic rings. The van der Waals surface area contributed by atoms with Gasteiger partial charge in [-0.05, 0) is 30.9 Å². The first-order valence-corrected chi connectivity index (χ1v) is 12.7. The van der Waals surface area contributed by atoms with E-state index in [-0.39, 0.29) is 28.9 Å². The van der Waals surface area contributed by atoms with Crippen LogP contribution in [0.2, 0.25) is 0 Å². The van der Waals surface area contributed by atoms with Gasteiger partial charge in [0.25, 0.3) is 12.3 Å². The number of rotatable bonds is 9. The van der Waals surface area contributed by atoms with Crippen LogP contribution < -0.4 is 14.8 Å². The van der Waals surface area contributed by atoms with Crippen LogP contribution in [0, 0.1) is 0 Å². The van der Waals surface area contributed by atoms with E-state index in [1.165, 1.54) is 12.3 Å². The molecule has 9 nitrogen and oxygen atoms in total. The van der Waals surface area contributed by atoms with E-state index >= 15 is 0 Å². The van der Waals surface area contributed by atoms with Gasteiger partial charge in [0, 0.05) is 11.5 Å². The maximum absolute atomic E-state index is 14.0. The van der Waals surface area contributed by atoms with Gasteiger partial charge in [-0.1, -0.05) is 18.2 Å². The average Bonchev–Trinajstić information content (AvgIpc) is 3.65. The van der Waals surface area contributed by atoms with Crippen molar-refractivity contribution in [2.75, 3.05) is 24.8 Å². The summed E-state index contributed by atoms with van der Waals surface area (Å²) in [6.45, 7) is 0.686. The zero-order valence-corrected chi connectivity index (χ0v) is 19.4. The highest BCUT2D eigenvalue weighted by molar-refractivity contribution is 7.89. The topological polar surface area (TPSA) is 120 Å². The van der Waals surface area contributed by atoms with Crippen LogP contribution in [-0.2, 0) is 14.8 Å². The predicted octanol–water partition coefficient (Wildman–Crippen LogP) is 3.53. The third-order valence-electron chi connectivity index (χ3n) is 5.29. The molecule has 1 aromatic carbocycles. The number of para-hydroxylation sites is 1. The fourth-order valence-corrected chi connectivity index (χ4v) is 3.96. The van der Waals surface area contributed by atoms with Crippen molar-refractivity contribution < 1.29 is 35.9 Å². The first kappa shape index (κ1) is 24.9. The Morgan fingerprint density at radius 2 is 2.03 bits per heavy atom. The van der Waals surface area contributed by atoms with Crippen LogP contribution in [0.1, 0.15) is 46.9 Å². The number of sulfonamides is 1. The Balaban J connectivity index is 1.76. The number of amides is 1. The van der Waals surface area contributed by atoms with E-state index in [0.29, 0.717) is 36.5 Å². The van der Waals surface area contributed by atoms with Gasteiger partial charge in [0.1, 0.15) is 0 Å². The lowest BCUT2D eigenvalue weighted by molar-refractivity contribution is -0.0666. The minimum atomic E-state index is -3.91. The lowest BCUT2D eigenvalue weighted by atomic mass is 9.99. The molecule has 1 fully saturated rings. The van der Waals surface area contributed by atoms with Gasteiger partial charge in [-0.3, -0.25) is 4.79 Å². The van der Waals surface area contributed by atoms with Crippen LogP contribution in [-0.4, -0.2) is 56.5 Å². The number of anilines is 2. The molecule has 188 valence electrons. The summed E-state index contributed by atoms with van der Waals surface area (Å²) in [7, 11) is -3.91. The molecule has 35 heavy (non-hydrogen) atoms. The van der Waals surface area contributed by atoms with Gasteiger partial charge in [0.05, 0.1) is 37.0 Å². The van der Waals surface area contributed by atoms with Crippen LogP contribution in [0.4, 0.5) is 24.7 Å². The van der Waals surface area contributed by atoms with Crippen molar-refractivity contribution in [1.82, 2.24) is 14.7 Å². The number of benzene rings is 1. The molecule has 1 atom stereocenters. The van der Waals surface area contributed by atoms with Crippen molar-refractivity contribution in [3.05, 3.63) is 47.4 Å². The van der Waals surface area contributed by atoms with E-state index in [1.54, 1.807) is 18.2 Å². The molecule has 1 unspecified atom stereocenters. The summed E-state index contributed by atoms with van der Waals surface area (Å²) >= 11 is 0. The summed E-state index contributed by atoms with van der Waals surface area (Å²) in [5.41, 5.74) is 1.33. The Morgan fingerprint density at radius 3 is 2.66 bits per heavy atom. The molecule has 0 radical (unpaired) electrons. The second kappa shape index (κ2) is 10.2. The highest BCUT2D eigenvalue weighted by Gasteiger charge is 2.29. The molecular weight excluding hydrogens is 489 g/mol. The minimum Gasteiger partial charge on any atom is -0.452 e. The number of alkyl halides is 3. The number of ether oxygens (including phenoxy) is 2. The Kier molecular flexibility index (Phi) is 7.26. The number of nitrogens with one attached hydrogen (secondary N) is 2. The van der Waals surface area contributed by atoms with Gasteiger partial charge in [-0.15, -0.1) is 0 Å². The van der Waals surface area contributed by atoms with Crippen molar-refractivity contribution in [1.29, 1.82) is 0 Å². The summed E-state index contributed by atoms with van der Waals surface area (Å²) in [5, 5.41) is 2.79. The van der Waals surface area contributed by atoms with Gasteiger partial charge >= 0.3 is 6.43 Å². The van der Waals surface area contributed by atoms with Crippen molar-refractivity contribution in [2.45, 2.75) is 38.0 Å². The molecule has 13 heteroatoms. The molecule has 0 spiro atoms. The number of aromatic nitrogens is 2. The summed E-state index contributed by atoms with van der Waals surface area (Å²) in [6.07, 6.45) is -0.137. The monoisotopic (exact) mass is 512 g/mol. The third-order valence-corrected chi connectivity index (χ3v) is 5.84. The fraction of sp³-hybridized carbons (Fsp3) is 0.409. The first-order chi connectivity index (χ1) is 16.6. The summed E-state index contributed by atoms with van der Waals surface area (Å²) < 4.78 is 75.4. The number of hydrogen-bond acceptors (Lipinski definition) is 8. The van der Waals surface area contributed by atoms with Gasteiger partial charge in [0.15, 0.2) is 17.3 Å². The maximum Gasteiger partial charge on any atom is 0.304 e. The van der Waals surface area contributed by atoms with Crippen molar-refractivity contribution in [2.24, 2.45) is 0 Å². The highest BCUT2D eigenvalue weighted by Crippen LogP contribution is 2.41. The predicted molar refractivity (Wildman–Crippen MR) is 121 cm³/mol. The fourth-order valence-electron chi connectivity index (χ4n) is 3.52. The number of nitrogens with zero attached hydrogens (tertiary/aromatic N) is 2. The summed E-state index contributed by atoms with van der Waals surface area (Å²) in [4.78, 5) is 21.2. The SMILES string of the molecule is CS(=O)(=O)NC(=O)c1nc(C2CC2)cnc1Nc1cccc(C2=CCOCC2)c1OC(F)C(F)F. The van der Waals surface area contributed by atoms with Crippen LogP contribution in [0.15, 0.2) is 30.5 Å². The number of carbonyl (C=O) groups is 1. The van der Waals surface area contributed by atoms with E-state index in [1.807, 2.05) is 4.72 Å². The van der Waals surface area contributed by atoms with E-state index in [0.717, 1.165) is 19.1 Å². The first-order valence-electron chi connectivity index (χ1n) is 10.8. The van der Waals surface area contributed by atoms with Crippen molar-refractivity contribution >= 4 is 33.0 Å². The van der Waals surface area contributed by atoms with E-state index in [2.05, 4.69) is 15.3 Å². The van der Waals surface area contributed by atoms with Crippen LogP contribution in [0.25, 0.3) is 5.57 Å². The highest BCUT2D eigenvalue weighted by atomic mass is 32.2. The Labute approximate surface area is 199 Å². The summed E-state index contributed by atoms with van der Waals surface area (Å²) in [5.74, 6) is -1.27. The molecule has 2 aliphatic rings. The maximum atomic E-state index is 14.0. The standard InChI is InChI=1S/C22H23F3N4O5S/c1-35(31,32)29-22(30)17-21(26-11-16(27-17)13-5-6-13)28-15-4-2-3-14(12-7-9-33-10-8-12)18(15)34-20(25)19(23)24/h2-4,7,11,13,19-20H,5-6,8-10H2,1H3,(H,26,28)(H,29,30). The van der Waals surface area contributed by atoms with Crippen LogP contribution >= 0.6 is 0 Å². The minimum absolute atomic E-state index is 0.0417. The molecule has 4 rings (SSSR count). The van der Waals surface area contributed by atoms with Gasteiger partial charge in [0.2, 0.25) is 10.0 Å². The zero-order chi connectivity index (χ0) is 25.2. The van der Waals surface area contributed by atoms with E-state index in [9.17, 15) is 26.4 Å². The van der Waals surface area contributed by atoms with Gasteiger partial charge in [-0.25, -0.2) is 31.9 Å². The Bertz CT molecular complexity index is 1250. The number of carbonyl (C=O) groups excluding carboxylic acids is 1.